The second kappa shape index (κ2) is 8.42. The Hall–Kier alpha value is -2.89. The van der Waals surface area contributed by atoms with E-state index in [1.54, 1.807) is 31.3 Å². The summed E-state index contributed by atoms with van der Waals surface area (Å²) < 4.78 is 31.8. The number of rotatable bonds is 6. The van der Waals surface area contributed by atoms with E-state index in [1.807, 2.05) is 0 Å². The predicted octanol–water partition coefficient (Wildman–Crippen LogP) is 1.85. The maximum Gasteiger partial charge on any atom is 0.295 e. The Kier molecular flexibility index (Phi) is 5.97. The lowest BCUT2D eigenvalue weighted by Crippen LogP contribution is -2.40. The van der Waals surface area contributed by atoms with E-state index in [1.165, 1.54) is 16.4 Å². The number of ether oxygens (including phenoxy) is 1. The van der Waals surface area contributed by atoms with Crippen LogP contribution in [0.2, 0.25) is 0 Å². The fourth-order valence-corrected chi connectivity index (χ4v) is 4.06. The Labute approximate surface area is 162 Å². The lowest BCUT2D eigenvalue weighted by atomic mass is 10.2. The monoisotopic (exact) mass is 405 g/mol. The number of nitrogens with one attached hydrogen (secondary N) is 1. The van der Waals surface area contributed by atoms with E-state index in [2.05, 4.69) is 15.5 Å². The molecule has 1 aliphatic rings. The van der Waals surface area contributed by atoms with E-state index in [0.717, 1.165) is 6.07 Å². The van der Waals surface area contributed by atoms with Gasteiger partial charge in [0.1, 0.15) is 5.69 Å². The summed E-state index contributed by atoms with van der Waals surface area (Å²) in [7, 11) is -3.83. The molecule has 2 aromatic rings. The zero-order valence-corrected chi connectivity index (χ0v) is 15.9. The second-order valence-electron chi connectivity index (χ2n) is 5.98. The van der Waals surface area contributed by atoms with Gasteiger partial charge in [0, 0.05) is 25.4 Å². The number of nitro groups is 1. The average molecular weight is 405 g/mol. The van der Waals surface area contributed by atoms with Gasteiger partial charge in [-0.1, -0.05) is 6.07 Å². The van der Waals surface area contributed by atoms with Gasteiger partial charge >= 0.3 is 0 Å². The maximum absolute atomic E-state index is 12.7. The molecule has 1 aliphatic heterocycles. The van der Waals surface area contributed by atoms with Gasteiger partial charge < -0.3 is 4.74 Å². The van der Waals surface area contributed by atoms with E-state index >= 15 is 0 Å². The van der Waals surface area contributed by atoms with Crippen LogP contribution in [0.1, 0.15) is 12.6 Å². The molecule has 1 saturated heterocycles. The molecule has 0 atom stereocenters. The number of aromatic nitrogens is 1. The first-order valence-electron chi connectivity index (χ1n) is 8.47. The lowest BCUT2D eigenvalue weighted by molar-refractivity contribution is -0.384. The van der Waals surface area contributed by atoms with Gasteiger partial charge in [-0.25, -0.2) is 8.42 Å². The third-order valence-corrected chi connectivity index (χ3v) is 6.05. The van der Waals surface area contributed by atoms with Crippen LogP contribution in [-0.2, 0) is 14.8 Å². The van der Waals surface area contributed by atoms with Crippen LogP contribution in [0.4, 0.5) is 11.4 Å². The minimum Gasteiger partial charge on any atom is -0.379 e. The summed E-state index contributed by atoms with van der Waals surface area (Å²) in [6.45, 7) is 2.72. The van der Waals surface area contributed by atoms with Crippen molar-refractivity contribution in [3.8, 4) is 0 Å². The highest BCUT2D eigenvalue weighted by molar-refractivity contribution is 7.89. The van der Waals surface area contributed by atoms with Crippen LogP contribution in [0, 0.1) is 10.1 Å². The number of benzene rings is 1. The third kappa shape index (κ3) is 4.32. The van der Waals surface area contributed by atoms with Crippen LogP contribution >= 0.6 is 0 Å². The molecular weight excluding hydrogens is 386 g/mol. The topological polar surface area (TPSA) is 127 Å². The number of sulfonamides is 1. The van der Waals surface area contributed by atoms with E-state index in [4.69, 9.17) is 4.74 Å². The van der Waals surface area contributed by atoms with Crippen molar-refractivity contribution >= 4 is 27.1 Å². The van der Waals surface area contributed by atoms with Crippen molar-refractivity contribution in [1.82, 2.24) is 9.29 Å². The predicted molar refractivity (Wildman–Crippen MR) is 103 cm³/mol. The molecule has 1 aromatic heterocycles. The molecule has 28 heavy (non-hydrogen) atoms. The third-order valence-electron chi connectivity index (χ3n) is 4.15. The van der Waals surface area contributed by atoms with Crippen LogP contribution in [0.3, 0.4) is 0 Å². The number of pyridine rings is 1. The van der Waals surface area contributed by atoms with E-state index in [9.17, 15) is 18.5 Å². The van der Waals surface area contributed by atoms with Crippen molar-refractivity contribution in [1.29, 1.82) is 0 Å². The first-order valence-corrected chi connectivity index (χ1v) is 9.91. The van der Waals surface area contributed by atoms with E-state index < -0.39 is 14.9 Å². The van der Waals surface area contributed by atoms with Crippen LogP contribution in [0.15, 0.2) is 52.6 Å². The van der Waals surface area contributed by atoms with Crippen molar-refractivity contribution in [2.75, 3.05) is 31.7 Å². The Morgan fingerprint density at radius 3 is 2.68 bits per heavy atom. The number of nitrogens with zero attached hydrogens (tertiary/aromatic N) is 4. The maximum atomic E-state index is 12.7. The smallest absolute Gasteiger partial charge is 0.295 e. The lowest BCUT2D eigenvalue weighted by Gasteiger charge is -2.26. The summed E-state index contributed by atoms with van der Waals surface area (Å²) in [6, 6.07) is 9.02. The molecule has 0 amide bonds. The van der Waals surface area contributed by atoms with Gasteiger partial charge in [0.2, 0.25) is 10.0 Å². The van der Waals surface area contributed by atoms with Crippen LogP contribution in [-0.4, -0.2) is 54.6 Å². The minimum atomic E-state index is -3.83. The molecule has 3 rings (SSSR count). The van der Waals surface area contributed by atoms with Gasteiger partial charge in [0.15, 0.2) is 0 Å². The summed E-state index contributed by atoms with van der Waals surface area (Å²) in [6.07, 6.45) is 1.61. The number of hydrogen-bond acceptors (Lipinski definition) is 8. The molecule has 148 valence electrons. The Morgan fingerprint density at radius 2 is 2.04 bits per heavy atom. The molecule has 2 heterocycles. The minimum absolute atomic E-state index is 0.0845. The molecule has 0 radical (unpaired) electrons. The first-order chi connectivity index (χ1) is 13.4. The molecule has 1 aromatic carbocycles. The largest absolute Gasteiger partial charge is 0.379 e. The SMILES string of the molecule is C/C(=N/Nc1ccc(S(=O)(=O)N2CCOCC2)cc1[N+](=O)[O-])c1ccccn1. The van der Waals surface area contributed by atoms with Gasteiger partial charge in [-0.05, 0) is 31.2 Å². The molecule has 1 fully saturated rings. The number of nitro benzene ring substituents is 1. The van der Waals surface area contributed by atoms with Gasteiger partial charge in [0.25, 0.3) is 5.69 Å². The molecule has 1 N–H and O–H groups in total. The number of hydrazone groups is 1. The van der Waals surface area contributed by atoms with Crippen molar-refractivity contribution in [2.24, 2.45) is 5.10 Å². The Balaban J connectivity index is 1.88. The molecule has 10 nitrogen and oxygen atoms in total. The fraction of sp³-hybridized carbons (Fsp3) is 0.294. The quantitative estimate of drug-likeness (QED) is 0.441. The molecule has 0 unspecified atom stereocenters. The van der Waals surface area contributed by atoms with Crippen LogP contribution in [0.5, 0.6) is 0 Å². The Morgan fingerprint density at radius 1 is 1.29 bits per heavy atom. The van der Waals surface area contributed by atoms with Crippen molar-refractivity contribution in [2.45, 2.75) is 11.8 Å². The highest BCUT2D eigenvalue weighted by Gasteiger charge is 2.28. The molecule has 0 saturated carbocycles. The second-order valence-corrected chi connectivity index (χ2v) is 7.91. The number of hydrogen-bond donors (Lipinski definition) is 1. The fourth-order valence-electron chi connectivity index (χ4n) is 2.63. The van der Waals surface area contributed by atoms with Gasteiger partial charge in [0.05, 0.1) is 34.4 Å². The van der Waals surface area contributed by atoms with Crippen molar-refractivity contribution in [3.63, 3.8) is 0 Å². The molecule has 11 heteroatoms. The van der Waals surface area contributed by atoms with Crippen molar-refractivity contribution in [3.05, 3.63) is 58.4 Å². The molecular formula is C17H19N5O5S. The van der Waals surface area contributed by atoms with Crippen LogP contribution in [0.25, 0.3) is 0 Å². The summed E-state index contributed by atoms with van der Waals surface area (Å²) in [4.78, 5) is 14.8. The summed E-state index contributed by atoms with van der Waals surface area (Å²) in [5.74, 6) is 0. The number of anilines is 1. The van der Waals surface area contributed by atoms with Gasteiger partial charge in [-0.3, -0.25) is 20.5 Å². The summed E-state index contributed by atoms with van der Waals surface area (Å²) in [5, 5.41) is 15.6. The highest BCUT2D eigenvalue weighted by atomic mass is 32.2. The molecule has 0 spiro atoms. The highest BCUT2D eigenvalue weighted by Crippen LogP contribution is 2.29. The summed E-state index contributed by atoms with van der Waals surface area (Å²) in [5.41, 5.74) is 3.47. The van der Waals surface area contributed by atoms with E-state index in [-0.39, 0.29) is 29.4 Å². The Bertz CT molecular complexity index is 988. The first kappa shape index (κ1) is 19.9. The number of morpholine rings is 1. The molecule has 0 bridgehead atoms. The normalized spacial score (nSPS) is 16.0. The van der Waals surface area contributed by atoms with E-state index in [0.29, 0.717) is 24.6 Å². The van der Waals surface area contributed by atoms with Crippen LogP contribution < -0.4 is 5.43 Å². The average Bonchev–Trinajstić information content (AvgIpc) is 2.73. The standard InChI is InChI=1S/C17H19N5O5S/c1-13(15-4-2-3-7-18-15)19-20-16-6-5-14(12-17(16)22(23)24)28(25,26)21-8-10-27-11-9-21/h2-7,12,20H,8-11H2,1H3/b19-13-. The van der Waals surface area contributed by atoms with Gasteiger partial charge in [-0.2, -0.15) is 9.41 Å². The van der Waals surface area contributed by atoms with Crippen molar-refractivity contribution < 1.29 is 18.1 Å². The zero-order chi connectivity index (χ0) is 20.1. The van der Waals surface area contributed by atoms with Gasteiger partial charge in [-0.15, -0.1) is 0 Å². The zero-order valence-electron chi connectivity index (χ0n) is 15.1. The summed E-state index contributed by atoms with van der Waals surface area (Å²) >= 11 is 0. The molecule has 0 aliphatic carbocycles.